The van der Waals surface area contributed by atoms with Gasteiger partial charge in [0.2, 0.25) is 5.91 Å². The van der Waals surface area contributed by atoms with Crippen molar-refractivity contribution in [2.45, 2.75) is 90.1 Å². The van der Waals surface area contributed by atoms with Crippen molar-refractivity contribution in [3.8, 4) is 11.1 Å². The minimum atomic E-state index is -1.46. The van der Waals surface area contributed by atoms with E-state index in [0.29, 0.717) is 6.42 Å². The molecule has 0 radical (unpaired) electrons. The smallest absolute Gasteiger partial charge is 0.407 e. The molecular weight excluding hydrogens is 771 g/mol. The molecule has 2 N–H and O–H groups in total. The molecule has 0 spiro atoms. The SMILES string of the molecule is CS/C(=N\C1O[C@H](COC(C)=O)[C@@H](OC(C)=O)[C@H](OC(C)=O)[C@H]1OC(C)=O)NC(=O)C[C@H](Cc1ccc(C)cc1)NC(=O)OCC1c2ccccc2-c2ccccc21. The minimum absolute atomic E-state index is 0.0149. The molecule has 2 aliphatic rings. The van der Waals surface area contributed by atoms with Crippen molar-refractivity contribution in [2.75, 3.05) is 19.5 Å². The van der Waals surface area contributed by atoms with E-state index in [9.17, 15) is 28.8 Å². The number of esters is 4. The lowest BCUT2D eigenvalue weighted by atomic mass is 9.97. The Labute approximate surface area is 340 Å². The number of nitrogens with one attached hydrogen (secondary N) is 2. The lowest BCUT2D eigenvalue weighted by Crippen LogP contribution is -2.62. The molecule has 1 unspecified atom stereocenters. The summed E-state index contributed by atoms with van der Waals surface area (Å²) < 4.78 is 33.4. The first-order valence-corrected chi connectivity index (χ1v) is 19.8. The second kappa shape index (κ2) is 20.1. The summed E-state index contributed by atoms with van der Waals surface area (Å²) in [5.41, 5.74) is 6.23. The second-order valence-electron chi connectivity index (χ2n) is 13.8. The molecular formula is C42H47N3O12S. The number of alkyl carbamates (subject to hydrolysis) is 1. The first-order chi connectivity index (χ1) is 27.7. The molecule has 15 nitrogen and oxygen atoms in total. The van der Waals surface area contributed by atoms with Crippen molar-refractivity contribution in [1.29, 1.82) is 0 Å². The van der Waals surface area contributed by atoms with E-state index in [4.69, 9.17) is 28.4 Å². The summed E-state index contributed by atoms with van der Waals surface area (Å²) in [6, 6.07) is 23.0. The summed E-state index contributed by atoms with van der Waals surface area (Å²) in [5.74, 6) is -3.72. The molecule has 1 aliphatic carbocycles. The maximum Gasteiger partial charge on any atom is 0.407 e. The number of aryl methyl sites for hydroxylation is 1. The van der Waals surface area contributed by atoms with Gasteiger partial charge in [0.15, 0.2) is 29.7 Å². The van der Waals surface area contributed by atoms with Gasteiger partial charge in [0, 0.05) is 46.1 Å². The highest BCUT2D eigenvalue weighted by Crippen LogP contribution is 2.44. The molecule has 0 aromatic heterocycles. The Bertz CT molecular complexity index is 1980. The van der Waals surface area contributed by atoms with Crippen LogP contribution in [0.1, 0.15) is 62.3 Å². The molecule has 308 valence electrons. The van der Waals surface area contributed by atoms with Crippen molar-refractivity contribution in [1.82, 2.24) is 10.6 Å². The summed E-state index contributed by atoms with van der Waals surface area (Å²) in [7, 11) is 0. The van der Waals surface area contributed by atoms with Crippen LogP contribution in [0.3, 0.4) is 0 Å². The van der Waals surface area contributed by atoms with E-state index < -0.39 is 79.2 Å². The van der Waals surface area contributed by atoms with Gasteiger partial charge in [0.05, 0.1) is 0 Å². The van der Waals surface area contributed by atoms with Crippen LogP contribution in [0.15, 0.2) is 77.8 Å². The highest BCUT2D eigenvalue weighted by molar-refractivity contribution is 8.13. The van der Waals surface area contributed by atoms with Gasteiger partial charge in [-0.3, -0.25) is 24.0 Å². The van der Waals surface area contributed by atoms with Gasteiger partial charge in [-0.05, 0) is 47.4 Å². The number of carbonyl (C=O) groups is 6. The molecule has 3 aromatic rings. The van der Waals surface area contributed by atoms with Gasteiger partial charge in [0.25, 0.3) is 0 Å². The van der Waals surface area contributed by atoms with Crippen LogP contribution in [0.4, 0.5) is 4.79 Å². The molecule has 6 atom stereocenters. The van der Waals surface area contributed by atoms with Crippen LogP contribution in [0.5, 0.6) is 0 Å². The minimum Gasteiger partial charge on any atom is -0.463 e. The van der Waals surface area contributed by atoms with Crippen molar-refractivity contribution < 1.29 is 57.2 Å². The fraction of sp³-hybridized carbons (Fsp3) is 0.405. The summed E-state index contributed by atoms with van der Waals surface area (Å²) in [5, 5.41) is 5.62. The number of thioether (sulfide) groups is 1. The molecule has 0 saturated carbocycles. The highest BCUT2D eigenvalue weighted by atomic mass is 32.2. The first-order valence-electron chi connectivity index (χ1n) is 18.6. The van der Waals surface area contributed by atoms with Gasteiger partial charge >= 0.3 is 30.0 Å². The number of nitrogens with zero attached hydrogens (tertiary/aromatic N) is 1. The fourth-order valence-corrected chi connectivity index (χ4v) is 7.37. The molecule has 0 bridgehead atoms. The Hall–Kier alpha value is -5.74. The maximum absolute atomic E-state index is 13.7. The van der Waals surface area contributed by atoms with E-state index in [0.717, 1.165) is 65.9 Å². The molecule has 58 heavy (non-hydrogen) atoms. The molecule has 5 rings (SSSR count). The van der Waals surface area contributed by atoms with Gasteiger partial charge in [-0.1, -0.05) is 90.1 Å². The molecule has 1 heterocycles. The van der Waals surface area contributed by atoms with E-state index >= 15 is 0 Å². The topological polar surface area (TPSA) is 194 Å². The van der Waals surface area contributed by atoms with Crippen LogP contribution < -0.4 is 10.6 Å². The van der Waals surface area contributed by atoms with E-state index in [1.807, 2.05) is 79.7 Å². The predicted octanol–water partition coefficient (Wildman–Crippen LogP) is 4.75. The molecule has 1 aliphatic heterocycles. The lowest BCUT2D eigenvalue weighted by molar-refractivity contribution is -0.250. The summed E-state index contributed by atoms with van der Waals surface area (Å²) in [6.45, 7) is 6.12. The first kappa shape index (κ1) is 43.4. The number of hydrogen-bond acceptors (Lipinski definition) is 14. The van der Waals surface area contributed by atoms with E-state index in [1.165, 1.54) is 6.92 Å². The van der Waals surface area contributed by atoms with Crippen molar-refractivity contribution >= 4 is 52.8 Å². The van der Waals surface area contributed by atoms with Crippen molar-refractivity contribution in [3.05, 3.63) is 95.1 Å². The summed E-state index contributed by atoms with van der Waals surface area (Å²) in [6.07, 6.45) is -5.89. The zero-order valence-corrected chi connectivity index (χ0v) is 33.9. The second-order valence-corrected chi connectivity index (χ2v) is 14.6. The largest absolute Gasteiger partial charge is 0.463 e. The normalized spacial score (nSPS) is 20.4. The third-order valence-corrected chi connectivity index (χ3v) is 9.94. The zero-order valence-electron chi connectivity index (χ0n) is 33.1. The number of fused-ring (bicyclic) bond motifs is 3. The van der Waals surface area contributed by atoms with E-state index in [1.54, 1.807) is 6.26 Å². The number of amides is 2. The van der Waals surface area contributed by atoms with Crippen LogP contribution in [-0.4, -0.2) is 97.2 Å². The van der Waals surface area contributed by atoms with Crippen LogP contribution in [0.2, 0.25) is 0 Å². The van der Waals surface area contributed by atoms with Gasteiger partial charge in [-0.2, -0.15) is 0 Å². The Kier molecular flexibility index (Phi) is 15.0. The lowest BCUT2D eigenvalue weighted by Gasteiger charge is -2.43. The molecule has 3 aromatic carbocycles. The van der Waals surface area contributed by atoms with Crippen molar-refractivity contribution in [2.24, 2.45) is 4.99 Å². The standard InChI is InChI=1S/C42H47N3O12S/c1-23-15-17-28(18-16-23)19-29(43-42(51)53-21-34-32-13-9-7-11-30(32)31-12-8-10-14-33(31)34)20-36(50)44-41(58-6)45-40-39(56-27(5)49)38(55-26(4)48)37(54-25(3)47)35(57-40)22-52-24(2)46/h7-18,29,34-35,37-40H,19-22H2,1-6H3,(H,43,51)(H,44,45,50)/t29-,35+,37+,38-,39+,40?/m0/s1. The quantitative estimate of drug-likeness (QED) is 0.104. The number of aliphatic imine (C=N–C) groups is 1. The Balaban J connectivity index is 1.34. The molecule has 1 fully saturated rings. The Morgan fingerprint density at radius 1 is 0.724 bits per heavy atom. The van der Waals surface area contributed by atoms with E-state index in [-0.39, 0.29) is 24.1 Å². The summed E-state index contributed by atoms with van der Waals surface area (Å²) >= 11 is 1.02. The van der Waals surface area contributed by atoms with Crippen molar-refractivity contribution in [3.63, 3.8) is 0 Å². The van der Waals surface area contributed by atoms with E-state index in [2.05, 4.69) is 15.6 Å². The Morgan fingerprint density at radius 2 is 1.29 bits per heavy atom. The maximum atomic E-state index is 13.7. The van der Waals surface area contributed by atoms with Crippen LogP contribution in [0, 0.1) is 6.92 Å². The number of rotatable bonds is 13. The molecule has 16 heteroatoms. The monoisotopic (exact) mass is 817 g/mol. The van der Waals surface area contributed by atoms with Gasteiger partial charge < -0.3 is 39.1 Å². The van der Waals surface area contributed by atoms with Crippen LogP contribution in [-0.2, 0) is 58.8 Å². The average molecular weight is 818 g/mol. The average Bonchev–Trinajstić information content (AvgIpc) is 3.49. The third-order valence-electron chi connectivity index (χ3n) is 9.35. The number of amidine groups is 1. The highest BCUT2D eigenvalue weighted by Gasteiger charge is 2.52. The predicted molar refractivity (Wildman–Crippen MR) is 213 cm³/mol. The van der Waals surface area contributed by atoms with Gasteiger partial charge in [-0.25, -0.2) is 9.79 Å². The van der Waals surface area contributed by atoms with Gasteiger partial charge in [-0.15, -0.1) is 0 Å². The van der Waals surface area contributed by atoms with Gasteiger partial charge in [0.1, 0.15) is 19.3 Å². The Morgan fingerprint density at radius 3 is 1.86 bits per heavy atom. The fourth-order valence-electron chi connectivity index (χ4n) is 6.94. The number of carbonyl (C=O) groups excluding carboxylic acids is 6. The summed E-state index contributed by atoms with van der Waals surface area (Å²) in [4.78, 5) is 80.0. The third kappa shape index (κ3) is 11.7. The van der Waals surface area contributed by atoms with Crippen LogP contribution >= 0.6 is 11.8 Å². The number of benzene rings is 3. The molecule has 1 saturated heterocycles. The molecule has 2 amide bonds. The zero-order chi connectivity index (χ0) is 41.9. The van der Waals surface area contributed by atoms with Crippen LogP contribution in [0.25, 0.3) is 11.1 Å². The number of ether oxygens (including phenoxy) is 6. The number of hydrogen-bond donors (Lipinski definition) is 2.